The van der Waals surface area contributed by atoms with Gasteiger partial charge in [0, 0.05) is 12.8 Å². The molecule has 2 atom stereocenters. The fourth-order valence-electron chi connectivity index (χ4n) is 6.99. The average molecular weight is 736 g/mol. The van der Waals surface area contributed by atoms with Gasteiger partial charge in [-0.1, -0.05) is 199 Å². The Labute approximate surface area is 323 Å². The van der Waals surface area contributed by atoms with Gasteiger partial charge in [0.25, 0.3) is 0 Å². The number of nitrogens with one attached hydrogen (secondary N) is 1. The van der Waals surface area contributed by atoms with Crippen molar-refractivity contribution < 1.29 is 24.5 Å². The minimum atomic E-state index is -0.691. The van der Waals surface area contributed by atoms with Crippen LogP contribution in [0.15, 0.2) is 12.2 Å². The highest BCUT2D eigenvalue weighted by molar-refractivity contribution is 5.76. The third kappa shape index (κ3) is 38.3. The molecule has 6 nitrogen and oxygen atoms in total. The number of aliphatic hydroxyl groups excluding tert-OH is 2. The van der Waals surface area contributed by atoms with Gasteiger partial charge in [0.1, 0.15) is 0 Å². The Kier molecular flexibility index (Phi) is 41.2. The molecule has 0 radical (unpaired) electrons. The number of amides is 1. The molecular weight excluding hydrogens is 647 g/mol. The molecule has 0 fully saturated rings. The van der Waals surface area contributed by atoms with Gasteiger partial charge in [-0.05, 0) is 44.9 Å². The lowest BCUT2D eigenvalue weighted by molar-refractivity contribution is -0.143. The lowest BCUT2D eigenvalue weighted by Gasteiger charge is -2.22. The molecule has 3 N–H and O–H groups in total. The molecule has 0 aliphatic rings. The summed E-state index contributed by atoms with van der Waals surface area (Å²) < 4.78 is 5.43. The number of rotatable bonds is 42. The second kappa shape index (κ2) is 42.3. The zero-order valence-corrected chi connectivity index (χ0v) is 34.8. The number of ether oxygens (including phenoxy) is 1. The number of unbranched alkanes of at least 4 members (excludes halogenated alkanes) is 29. The van der Waals surface area contributed by atoms with Crippen LogP contribution in [0.5, 0.6) is 0 Å². The maximum atomic E-state index is 12.3. The summed E-state index contributed by atoms with van der Waals surface area (Å²) in [5.41, 5.74) is 0. The van der Waals surface area contributed by atoms with Crippen LogP contribution in [0, 0.1) is 0 Å². The minimum absolute atomic E-state index is 0.0330. The summed E-state index contributed by atoms with van der Waals surface area (Å²) in [5, 5.41) is 23.0. The van der Waals surface area contributed by atoms with E-state index in [-0.39, 0.29) is 18.5 Å². The Hall–Kier alpha value is -1.40. The summed E-state index contributed by atoms with van der Waals surface area (Å²) in [6, 6.07) is -0.575. The SMILES string of the molecule is CCCCCCCCCCCCCCCCCCC(=O)OCCCCCC/C=C\CCCC(=O)NC(CO)C(O)CCCCCCCCCCCC. The van der Waals surface area contributed by atoms with E-state index in [0.29, 0.717) is 25.9 Å². The average Bonchev–Trinajstić information content (AvgIpc) is 3.14. The zero-order valence-electron chi connectivity index (χ0n) is 34.8. The van der Waals surface area contributed by atoms with E-state index in [1.165, 1.54) is 141 Å². The molecule has 0 aliphatic heterocycles. The number of aliphatic hydroxyl groups is 2. The van der Waals surface area contributed by atoms with Crippen molar-refractivity contribution >= 4 is 11.9 Å². The van der Waals surface area contributed by atoms with Crippen LogP contribution < -0.4 is 5.32 Å². The zero-order chi connectivity index (χ0) is 38.0. The van der Waals surface area contributed by atoms with E-state index in [2.05, 4.69) is 31.3 Å². The predicted molar refractivity (Wildman–Crippen MR) is 223 cm³/mol. The molecule has 0 aromatic heterocycles. The Morgan fingerprint density at radius 3 is 1.40 bits per heavy atom. The van der Waals surface area contributed by atoms with Crippen LogP contribution >= 0.6 is 0 Å². The third-order valence-electron chi connectivity index (χ3n) is 10.6. The minimum Gasteiger partial charge on any atom is -0.466 e. The lowest BCUT2D eigenvalue weighted by Crippen LogP contribution is -2.45. The standard InChI is InChI=1S/C46H89NO5/c1-3-5-7-9-11-13-15-16-17-18-19-20-24-28-32-36-40-46(51)52-41-37-33-29-25-21-23-27-31-35-39-45(50)47-43(42-48)44(49)38-34-30-26-22-14-12-10-8-6-4-2/h23,27,43-44,48-49H,3-22,24-26,28-42H2,1-2H3,(H,47,50)/b27-23-. The molecule has 0 saturated heterocycles. The van der Waals surface area contributed by atoms with E-state index in [1.807, 2.05) is 0 Å². The molecule has 308 valence electrons. The number of carbonyl (C=O) groups excluding carboxylic acids is 2. The van der Waals surface area contributed by atoms with E-state index in [9.17, 15) is 19.8 Å². The maximum Gasteiger partial charge on any atom is 0.305 e. The summed E-state index contributed by atoms with van der Waals surface area (Å²) in [6.07, 6.45) is 46.1. The van der Waals surface area contributed by atoms with Crippen molar-refractivity contribution in [1.29, 1.82) is 0 Å². The highest BCUT2D eigenvalue weighted by atomic mass is 16.5. The van der Waals surface area contributed by atoms with Crippen molar-refractivity contribution in [3.05, 3.63) is 12.2 Å². The topological polar surface area (TPSA) is 95.9 Å². The van der Waals surface area contributed by atoms with Gasteiger partial charge >= 0.3 is 5.97 Å². The monoisotopic (exact) mass is 736 g/mol. The molecule has 1 amide bonds. The van der Waals surface area contributed by atoms with E-state index < -0.39 is 12.1 Å². The predicted octanol–water partition coefficient (Wildman–Crippen LogP) is 13.0. The third-order valence-corrected chi connectivity index (χ3v) is 10.6. The van der Waals surface area contributed by atoms with Crippen molar-refractivity contribution in [3.63, 3.8) is 0 Å². The van der Waals surface area contributed by atoms with Crippen molar-refractivity contribution in [2.75, 3.05) is 13.2 Å². The molecular formula is C46H89NO5. The van der Waals surface area contributed by atoms with Crippen molar-refractivity contribution in [3.8, 4) is 0 Å². The normalized spacial score (nSPS) is 12.8. The molecule has 2 unspecified atom stereocenters. The molecule has 0 saturated carbocycles. The smallest absolute Gasteiger partial charge is 0.305 e. The molecule has 52 heavy (non-hydrogen) atoms. The molecule has 6 heteroatoms. The summed E-state index contributed by atoms with van der Waals surface area (Å²) in [6.45, 7) is 4.84. The van der Waals surface area contributed by atoms with Gasteiger partial charge in [-0.15, -0.1) is 0 Å². The maximum absolute atomic E-state index is 12.3. The van der Waals surface area contributed by atoms with Crippen molar-refractivity contribution in [2.24, 2.45) is 0 Å². The quantitative estimate of drug-likeness (QED) is 0.0329. The van der Waals surface area contributed by atoms with Gasteiger partial charge in [-0.25, -0.2) is 0 Å². The van der Waals surface area contributed by atoms with Gasteiger partial charge in [0.05, 0.1) is 25.4 Å². The van der Waals surface area contributed by atoms with Gasteiger partial charge in [-0.3, -0.25) is 9.59 Å². The highest BCUT2D eigenvalue weighted by Gasteiger charge is 2.19. The van der Waals surface area contributed by atoms with Crippen LogP contribution in [0.2, 0.25) is 0 Å². The van der Waals surface area contributed by atoms with Crippen molar-refractivity contribution in [1.82, 2.24) is 5.32 Å². The van der Waals surface area contributed by atoms with Crippen molar-refractivity contribution in [2.45, 2.75) is 257 Å². The fraction of sp³-hybridized carbons (Fsp3) is 0.913. The molecule has 0 aromatic carbocycles. The number of hydrogen-bond donors (Lipinski definition) is 3. The Morgan fingerprint density at radius 1 is 0.519 bits per heavy atom. The Bertz CT molecular complexity index is 772. The largest absolute Gasteiger partial charge is 0.466 e. The first-order valence-electron chi connectivity index (χ1n) is 22.9. The highest BCUT2D eigenvalue weighted by Crippen LogP contribution is 2.16. The van der Waals surface area contributed by atoms with E-state index in [0.717, 1.165) is 70.6 Å². The summed E-state index contributed by atoms with van der Waals surface area (Å²) in [5.74, 6) is -0.130. The van der Waals surface area contributed by atoms with Crippen LogP contribution in [0.1, 0.15) is 245 Å². The number of esters is 1. The van der Waals surface area contributed by atoms with Gasteiger partial charge in [0.2, 0.25) is 5.91 Å². The molecule has 0 aliphatic carbocycles. The lowest BCUT2D eigenvalue weighted by atomic mass is 10.0. The second-order valence-corrected chi connectivity index (χ2v) is 15.7. The van der Waals surface area contributed by atoms with Gasteiger partial charge < -0.3 is 20.3 Å². The van der Waals surface area contributed by atoms with Gasteiger partial charge in [0.15, 0.2) is 0 Å². The molecule has 0 aromatic rings. The number of carbonyl (C=O) groups is 2. The Balaban J connectivity index is 3.51. The van der Waals surface area contributed by atoms with Crippen LogP contribution in [0.25, 0.3) is 0 Å². The number of hydrogen-bond acceptors (Lipinski definition) is 5. The molecule has 0 rings (SSSR count). The van der Waals surface area contributed by atoms with Gasteiger partial charge in [-0.2, -0.15) is 0 Å². The van der Waals surface area contributed by atoms with E-state index in [4.69, 9.17) is 4.74 Å². The van der Waals surface area contributed by atoms with E-state index >= 15 is 0 Å². The molecule has 0 spiro atoms. The molecule has 0 heterocycles. The van der Waals surface area contributed by atoms with Crippen LogP contribution in [-0.4, -0.2) is 47.4 Å². The first kappa shape index (κ1) is 50.6. The second-order valence-electron chi connectivity index (χ2n) is 15.7. The van der Waals surface area contributed by atoms with E-state index in [1.54, 1.807) is 0 Å². The number of allylic oxidation sites excluding steroid dienone is 2. The van der Waals surface area contributed by atoms with Crippen LogP contribution in [-0.2, 0) is 14.3 Å². The first-order valence-corrected chi connectivity index (χ1v) is 22.9. The summed E-state index contributed by atoms with van der Waals surface area (Å²) >= 11 is 0. The molecule has 0 bridgehead atoms. The van der Waals surface area contributed by atoms with Crippen LogP contribution in [0.4, 0.5) is 0 Å². The van der Waals surface area contributed by atoms with Crippen LogP contribution in [0.3, 0.4) is 0 Å². The summed E-state index contributed by atoms with van der Waals surface area (Å²) in [7, 11) is 0. The summed E-state index contributed by atoms with van der Waals surface area (Å²) in [4.78, 5) is 24.4. The fourth-order valence-corrected chi connectivity index (χ4v) is 6.99. The Morgan fingerprint density at radius 2 is 0.923 bits per heavy atom. The first-order chi connectivity index (χ1) is 25.5.